The van der Waals surface area contributed by atoms with Gasteiger partial charge in [-0.3, -0.25) is 0 Å². The average molecular weight is 225 g/mol. The summed E-state index contributed by atoms with van der Waals surface area (Å²) in [5, 5.41) is 19.5. The maximum Gasteiger partial charge on any atom is 0.222 e. The van der Waals surface area contributed by atoms with Crippen LogP contribution in [0.1, 0.15) is 45.4 Å². The quantitative estimate of drug-likeness (QED) is 0.182. The summed E-state index contributed by atoms with van der Waals surface area (Å²) in [4.78, 5) is 0. The van der Waals surface area contributed by atoms with Crippen LogP contribution in [-0.2, 0) is 19.5 Å². The molecule has 0 fully saturated rings. The first-order chi connectivity index (χ1) is 5.31. The minimum atomic E-state index is -0.151. The van der Waals surface area contributed by atoms with E-state index in [9.17, 15) is 0 Å². The molecule has 4 heteroatoms. The van der Waals surface area contributed by atoms with Crippen molar-refractivity contribution in [1.29, 1.82) is 0 Å². The van der Waals surface area contributed by atoms with Gasteiger partial charge in [0.05, 0.1) is 0 Å². The van der Waals surface area contributed by atoms with Crippen LogP contribution in [0, 0.1) is 0 Å². The molecule has 0 bridgehead atoms. The number of unbranched alkanes of at least 4 members (excludes halogenated alkanes) is 4. The summed E-state index contributed by atoms with van der Waals surface area (Å²) in [6, 6.07) is 0. The minimum Gasteiger partial charge on any atom is -0.494 e. The molecular formula is C8H17NO2Zn. The zero-order valence-corrected chi connectivity index (χ0v) is 10.8. The molecule has 0 aliphatic heterocycles. The monoisotopic (exact) mass is 223 g/mol. The molecule has 0 aromatic carbocycles. The van der Waals surface area contributed by atoms with E-state index >= 15 is 0 Å². The summed E-state index contributed by atoms with van der Waals surface area (Å²) in [6.45, 7) is 2.16. The van der Waals surface area contributed by atoms with E-state index < -0.39 is 0 Å². The Hall–Kier alpha value is -0.107. The molecule has 0 saturated heterocycles. The normalized spacial score (nSPS) is 10.9. The van der Waals surface area contributed by atoms with Crippen LogP contribution in [0.25, 0.3) is 0 Å². The van der Waals surface area contributed by atoms with Crippen molar-refractivity contribution >= 4 is 5.90 Å². The Bertz CT molecular complexity index is 118. The van der Waals surface area contributed by atoms with E-state index in [1.165, 1.54) is 19.3 Å². The predicted octanol–water partition coefficient (Wildman–Crippen LogP) is 2.69. The number of oxime groups is 1. The first kappa shape index (κ1) is 14.4. The Morgan fingerprint density at radius 2 is 1.75 bits per heavy atom. The van der Waals surface area contributed by atoms with Gasteiger partial charge >= 0.3 is 0 Å². The predicted molar refractivity (Wildman–Crippen MR) is 45.2 cm³/mol. The molecule has 0 aliphatic carbocycles. The van der Waals surface area contributed by atoms with Crippen molar-refractivity contribution in [3.63, 3.8) is 0 Å². The van der Waals surface area contributed by atoms with Gasteiger partial charge in [-0.2, -0.15) is 0 Å². The largest absolute Gasteiger partial charge is 0.494 e. The maximum atomic E-state index is 8.71. The minimum absolute atomic E-state index is 0. The molecule has 0 heterocycles. The van der Waals surface area contributed by atoms with Crippen LogP contribution in [0.5, 0.6) is 0 Å². The molecule has 2 N–H and O–H groups in total. The number of aliphatic hydroxyl groups is 1. The summed E-state index contributed by atoms with van der Waals surface area (Å²) in [5.41, 5.74) is 0. The molecule has 0 atom stereocenters. The van der Waals surface area contributed by atoms with Gasteiger partial charge in [0.25, 0.3) is 0 Å². The first-order valence-corrected chi connectivity index (χ1v) is 4.21. The first-order valence-electron chi connectivity index (χ1n) is 4.21. The Labute approximate surface area is 86.6 Å². The molecule has 12 heavy (non-hydrogen) atoms. The van der Waals surface area contributed by atoms with Gasteiger partial charge in [0.1, 0.15) is 0 Å². The van der Waals surface area contributed by atoms with E-state index in [2.05, 4.69) is 12.1 Å². The number of hydrogen-bond donors (Lipinski definition) is 2. The Balaban J connectivity index is 0. The van der Waals surface area contributed by atoms with Crippen LogP contribution in [0.4, 0.5) is 0 Å². The third kappa shape index (κ3) is 9.89. The second kappa shape index (κ2) is 10.9. The molecule has 0 radical (unpaired) electrons. The second-order valence-corrected chi connectivity index (χ2v) is 2.68. The Morgan fingerprint density at radius 1 is 1.17 bits per heavy atom. The van der Waals surface area contributed by atoms with Crippen molar-refractivity contribution in [3.8, 4) is 0 Å². The molecule has 0 spiro atoms. The van der Waals surface area contributed by atoms with E-state index in [4.69, 9.17) is 10.3 Å². The molecule has 0 aromatic heterocycles. The fourth-order valence-corrected chi connectivity index (χ4v) is 0.937. The van der Waals surface area contributed by atoms with Crippen molar-refractivity contribution < 1.29 is 29.8 Å². The summed E-state index contributed by atoms with van der Waals surface area (Å²) in [6.07, 6.45) is 6.19. The number of hydrogen-bond acceptors (Lipinski definition) is 2. The third-order valence-corrected chi connectivity index (χ3v) is 1.62. The molecule has 0 aromatic rings. The van der Waals surface area contributed by atoms with Crippen LogP contribution >= 0.6 is 0 Å². The van der Waals surface area contributed by atoms with Crippen LogP contribution < -0.4 is 0 Å². The van der Waals surface area contributed by atoms with Gasteiger partial charge in [0.2, 0.25) is 5.90 Å². The van der Waals surface area contributed by atoms with E-state index in [0.29, 0.717) is 6.42 Å². The molecule has 0 amide bonds. The molecular weight excluding hydrogens is 207 g/mol. The molecule has 0 unspecified atom stereocenters. The van der Waals surface area contributed by atoms with Crippen molar-refractivity contribution in [2.45, 2.75) is 45.4 Å². The number of aliphatic hydroxyl groups excluding tert-OH is 1. The van der Waals surface area contributed by atoms with Gasteiger partial charge in [-0.15, -0.1) is 0 Å². The zero-order chi connectivity index (χ0) is 8.53. The van der Waals surface area contributed by atoms with Gasteiger partial charge in [-0.05, 0) is 6.42 Å². The number of rotatable bonds is 6. The fraction of sp³-hybridized carbons (Fsp3) is 0.875. The van der Waals surface area contributed by atoms with E-state index in [-0.39, 0.29) is 25.4 Å². The van der Waals surface area contributed by atoms with Crippen LogP contribution in [0.3, 0.4) is 0 Å². The van der Waals surface area contributed by atoms with Gasteiger partial charge in [-0.1, -0.05) is 37.8 Å². The van der Waals surface area contributed by atoms with Crippen molar-refractivity contribution in [2.24, 2.45) is 5.16 Å². The standard InChI is InChI=1S/C8H17NO2.Zn/c1-2-3-4-5-6-7-8(10)9-11;/h11H,2-7H2,1H3,(H,9,10);. The Kier molecular flexibility index (Phi) is 13.1. The van der Waals surface area contributed by atoms with Crippen molar-refractivity contribution in [3.05, 3.63) is 0 Å². The van der Waals surface area contributed by atoms with Crippen LogP contribution in [-0.4, -0.2) is 16.2 Å². The van der Waals surface area contributed by atoms with Gasteiger partial charge < -0.3 is 10.3 Å². The summed E-state index contributed by atoms with van der Waals surface area (Å²) < 4.78 is 0. The summed E-state index contributed by atoms with van der Waals surface area (Å²) >= 11 is 0. The van der Waals surface area contributed by atoms with E-state index in [1.807, 2.05) is 0 Å². The smallest absolute Gasteiger partial charge is 0.222 e. The van der Waals surface area contributed by atoms with Crippen LogP contribution in [0.2, 0.25) is 0 Å². The van der Waals surface area contributed by atoms with Gasteiger partial charge in [0, 0.05) is 25.9 Å². The SMILES string of the molecule is CCCCCCC/C(O)=N/O.[Zn]. The molecule has 0 saturated carbocycles. The van der Waals surface area contributed by atoms with Crippen molar-refractivity contribution in [1.82, 2.24) is 0 Å². The average Bonchev–Trinajstić information content (AvgIpc) is 2.04. The second-order valence-electron chi connectivity index (χ2n) is 2.68. The third-order valence-electron chi connectivity index (χ3n) is 1.62. The van der Waals surface area contributed by atoms with Gasteiger partial charge in [0.15, 0.2) is 0 Å². The fourth-order valence-electron chi connectivity index (χ4n) is 0.937. The molecule has 0 rings (SSSR count). The molecule has 3 nitrogen and oxygen atoms in total. The maximum absolute atomic E-state index is 8.71. The van der Waals surface area contributed by atoms with Gasteiger partial charge in [-0.25, -0.2) is 0 Å². The summed E-state index contributed by atoms with van der Waals surface area (Å²) in [7, 11) is 0. The molecule has 0 aliphatic rings. The number of nitrogens with zero attached hydrogens (tertiary/aromatic N) is 1. The summed E-state index contributed by atoms with van der Waals surface area (Å²) in [5.74, 6) is -0.151. The Morgan fingerprint density at radius 3 is 2.25 bits per heavy atom. The van der Waals surface area contributed by atoms with Crippen molar-refractivity contribution in [2.75, 3.05) is 0 Å². The molecule has 68 valence electrons. The van der Waals surface area contributed by atoms with E-state index in [1.54, 1.807) is 0 Å². The van der Waals surface area contributed by atoms with Crippen LogP contribution in [0.15, 0.2) is 5.16 Å². The topological polar surface area (TPSA) is 52.8 Å². The van der Waals surface area contributed by atoms with E-state index in [0.717, 1.165) is 12.8 Å². The zero-order valence-electron chi connectivity index (χ0n) is 7.79.